The summed E-state index contributed by atoms with van der Waals surface area (Å²) < 4.78 is 0. The van der Waals surface area contributed by atoms with E-state index < -0.39 is 0 Å². The summed E-state index contributed by atoms with van der Waals surface area (Å²) in [7, 11) is 0. The number of hydrogen-bond acceptors (Lipinski definition) is 1. The molecule has 0 bridgehead atoms. The van der Waals surface area contributed by atoms with Gasteiger partial charge in [-0.1, -0.05) is 60.7 Å². The zero-order chi connectivity index (χ0) is 14.7. The van der Waals surface area contributed by atoms with Gasteiger partial charge in [-0.25, -0.2) is 0 Å². The Kier molecular flexibility index (Phi) is 3.74. The van der Waals surface area contributed by atoms with Gasteiger partial charge in [0.15, 0.2) is 0 Å². The van der Waals surface area contributed by atoms with Crippen molar-refractivity contribution in [3.05, 3.63) is 89.5 Å². The molecule has 21 heavy (non-hydrogen) atoms. The van der Waals surface area contributed by atoms with E-state index in [1.807, 2.05) is 12.1 Å². The second-order valence-electron chi connectivity index (χ2n) is 5.43. The molecule has 0 amide bonds. The smallest absolute Gasteiger partial charge is 0.0320 e. The second-order valence-corrected chi connectivity index (χ2v) is 5.43. The predicted octanol–water partition coefficient (Wildman–Crippen LogP) is 4.84. The first-order valence-electron chi connectivity index (χ1n) is 7.22. The number of anilines is 1. The summed E-state index contributed by atoms with van der Waals surface area (Å²) in [6.45, 7) is 2.12. The van der Waals surface area contributed by atoms with Crippen LogP contribution in [0, 0.1) is 6.92 Å². The van der Waals surface area contributed by atoms with Crippen molar-refractivity contribution in [3.63, 3.8) is 0 Å². The van der Waals surface area contributed by atoms with Crippen LogP contribution in [0.3, 0.4) is 0 Å². The van der Waals surface area contributed by atoms with Gasteiger partial charge in [-0.05, 0) is 53.3 Å². The molecular weight excluding hydrogens is 254 g/mol. The lowest BCUT2D eigenvalue weighted by molar-refractivity contribution is 1.19. The molecule has 0 spiro atoms. The van der Waals surface area contributed by atoms with Crippen LogP contribution in [0.25, 0.3) is 11.1 Å². The highest BCUT2D eigenvalue weighted by molar-refractivity contribution is 5.71. The highest BCUT2D eigenvalue weighted by Crippen LogP contribution is 2.26. The van der Waals surface area contributed by atoms with E-state index in [-0.39, 0.29) is 0 Å². The Hall–Kier alpha value is -2.54. The monoisotopic (exact) mass is 273 g/mol. The highest BCUT2D eigenvalue weighted by atomic mass is 14.5. The summed E-state index contributed by atoms with van der Waals surface area (Å²) in [6, 6.07) is 25.4. The maximum atomic E-state index is 5.90. The molecular formula is C20H19N. The van der Waals surface area contributed by atoms with Gasteiger partial charge in [-0.15, -0.1) is 0 Å². The van der Waals surface area contributed by atoms with E-state index in [1.165, 1.54) is 27.8 Å². The third kappa shape index (κ3) is 3.14. The minimum atomic E-state index is 0.809. The third-order valence-corrected chi connectivity index (χ3v) is 3.78. The van der Waals surface area contributed by atoms with Crippen LogP contribution in [0.15, 0.2) is 72.8 Å². The lowest BCUT2D eigenvalue weighted by atomic mass is 9.97. The Bertz CT molecular complexity index is 728. The molecule has 0 heterocycles. The molecule has 0 radical (unpaired) electrons. The molecule has 3 aromatic carbocycles. The van der Waals surface area contributed by atoms with E-state index in [0.717, 1.165) is 12.1 Å². The summed E-state index contributed by atoms with van der Waals surface area (Å²) in [5.74, 6) is 0. The minimum absolute atomic E-state index is 0.809. The quantitative estimate of drug-likeness (QED) is 0.679. The Balaban J connectivity index is 1.85. The van der Waals surface area contributed by atoms with Crippen LogP contribution in [0.5, 0.6) is 0 Å². The predicted molar refractivity (Wildman–Crippen MR) is 90.3 cm³/mol. The molecule has 0 fully saturated rings. The van der Waals surface area contributed by atoms with Crippen molar-refractivity contribution < 1.29 is 0 Å². The number of hydrogen-bond donors (Lipinski definition) is 1. The van der Waals surface area contributed by atoms with Gasteiger partial charge >= 0.3 is 0 Å². The molecule has 0 aliphatic carbocycles. The maximum Gasteiger partial charge on any atom is 0.0320 e. The molecule has 3 aromatic rings. The molecule has 2 N–H and O–H groups in total. The number of aryl methyl sites for hydroxylation is 1. The molecule has 0 unspecified atom stereocenters. The first-order chi connectivity index (χ1) is 10.2. The molecule has 0 aromatic heterocycles. The minimum Gasteiger partial charge on any atom is -0.399 e. The average molecular weight is 273 g/mol. The van der Waals surface area contributed by atoms with E-state index in [4.69, 9.17) is 5.73 Å². The Morgan fingerprint density at radius 1 is 0.762 bits per heavy atom. The Labute approximate surface area is 126 Å². The van der Waals surface area contributed by atoms with Gasteiger partial charge in [0, 0.05) is 5.69 Å². The molecule has 1 heteroatoms. The van der Waals surface area contributed by atoms with E-state index >= 15 is 0 Å². The van der Waals surface area contributed by atoms with Crippen molar-refractivity contribution in [2.75, 3.05) is 5.73 Å². The van der Waals surface area contributed by atoms with Crippen molar-refractivity contribution >= 4 is 5.69 Å². The fourth-order valence-electron chi connectivity index (χ4n) is 2.58. The molecule has 0 saturated heterocycles. The van der Waals surface area contributed by atoms with Gasteiger partial charge in [0.05, 0.1) is 0 Å². The lowest BCUT2D eigenvalue weighted by Gasteiger charge is -2.09. The van der Waals surface area contributed by atoms with Crippen LogP contribution in [-0.4, -0.2) is 0 Å². The van der Waals surface area contributed by atoms with Crippen molar-refractivity contribution in [2.24, 2.45) is 0 Å². The van der Waals surface area contributed by atoms with Crippen molar-refractivity contribution in [1.29, 1.82) is 0 Å². The molecule has 0 aliphatic heterocycles. The van der Waals surface area contributed by atoms with Gasteiger partial charge in [0.1, 0.15) is 0 Å². The van der Waals surface area contributed by atoms with Crippen molar-refractivity contribution in [3.8, 4) is 11.1 Å². The fraction of sp³-hybridized carbons (Fsp3) is 0.100. The Morgan fingerprint density at radius 3 is 2.14 bits per heavy atom. The van der Waals surface area contributed by atoms with Crippen LogP contribution in [0.1, 0.15) is 16.7 Å². The largest absolute Gasteiger partial charge is 0.399 e. The second kappa shape index (κ2) is 5.84. The lowest BCUT2D eigenvalue weighted by Crippen LogP contribution is -1.90. The van der Waals surface area contributed by atoms with Gasteiger partial charge < -0.3 is 5.73 Å². The SMILES string of the molecule is Cc1ccc(N)cc1-c1ccc(Cc2ccccc2)cc1. The van der Waals surface area contributed by atoms with Crippen LogP contribution in [-0.2, 0) is 6.42 Å². The van der Waals surface area contributed by atoms with Gasteiger partial charge in [0.2, 0.25) is 0 Å². The third-order valence-electron chi connectivity index (χ3n) is 3.78. The first-order valence-corrected chi connectivity index (χ1v) is 7.22. The van der Waals surface area contributed by atoms with Crippen LogP contribution in [0.2, 0.25) is 0 Å². The molecule has 3 rings (SSSR count). The first kappa shape index (κ1) is 13.4. The van der Waals surface area contributed by atoms with Crippen LogP contribution in [0.4, 0.5) is 5.69 Å². The van der Waals surface area contributed by atoms with Gasteiger partial charge in [-0.2, -0.15) is 0 Å². The standard InChI is InChI=1S/C20H19N/c1-15-7-12-19(21)14-20(15)18-10-8-17(9-11-18)13-16-5-3-2-4-6-16/h2-12,14H,13,21H2,1H3. The van der Waals surface area contributed by atoms with Crippen LogP contribution >= 0.6 is 0 Å². The van der Waals surface area contributed by atoms with E-state index in [9.17, 15) is 0 Å². The highest BCUT2D eigenvalue weighted by Gasteiger charge is 2.03. The fourth-order valence-corrected chi connectivity index (χ4v) is 2.58. The maximum absolute atomic E-state index is 5.90. The molecule has 1 nitrogen and oxygen atoms in total. The summed E-state index contributed by atoms with van der Waals surface area (Å²) >= 11 is 0. The molecule has 0 aliphatic rings. The molecule has 0 atom stereocenters. The average Bonchev–Trinajstić information content (AvgIpc) is 2.52. The number of benzene rings is 3. The number of rotatable bonds is 3. The van der Waals surface area contributed by atoms with E-state index in [1.54, 1.807) is 0 Å². The summed E-state index contributed by atoms with van der Waals surface area (Å²) in [5.41, 5.74) is 13.0. The summed E-state index contributed by atoms with van der Waals surface area (Å²) in [5, 5.41) is 0. The Morgan fingerprint density at radius 2 is 1.43 bits per heavy atom. The van der Waals surface area contributed by atoms with E-state index in [2.05, 4.69) is 67.6 Å². The normalized spacial score (nSPS) is 10.5. The molecule has 104 valence electrons. The van der Waals surface area contributed by atoms with Crippen molar-refractivity contribution in [1.82, 2.24) is 0 Å². The number of nitrogen functional groups attached to an aromatic ring is 1. The van der Waals surface area contributed by atoms with Crippen molar-refractivity contribution in [2.45, 2.75) is 13.3 Å². The topological polar surface area (TPSA) is 26.0 Å². The summed E-state index contributed by atoms with van der Waals surface area (Å²) in [4.78, 5) is 0. The zero-order valence-electron chi connectivity index (χ0n) is 12.2. The zero-order valence-corrected chi connectivity index (χ0v) is 12.2. The number of nitrogens with two attached hydrogens (primary N) is 1. The van der Waals surface area contributed by atoms with Gasteiger partial charge in [-0.3, -0.25) is 0 Å². The summed E-state index contributed by atoms with van der Waals surface area (Å²) in [6.07, 6.45) is 0.969. The van der Waals surface area contributed by atoms with E-state index in [0.29, 0.717) is 0 Å². The van der Waals surface area contributed by atoms with Gasteiger partial charge in [0.25, 0.3) is 0 Å². The van der Waals surface area contributed by atoms with Crippen LogP contribution < -0.4 is 5.73 Å². The molecule has 0 saturated carbocycles.